The van der Waals surface area contributed by atoms with Crippen molar-refractivity contribution < 1.29 is 22.3 Å². The topological polar surface area (TPSA) is 112 Å². The smallest absolute Gasteiger partial charge is 0.266 e. The Balaban J connectivity index is 2.46. The Bertz CT molecular complexity index is 815. The lowest BCUT2D eigenvalue weighted by Gasteiger charge is -2.09. The van der Waals surface area contributed by atoms with Gasteiger partial charge in [-0.25, -0.2) is 22.3 Å². The number of aliphatic hydroxyl groups is 1. The van der Waals surface area contributed by atoms with Gasteiger partial charge in [-0.1, -0.05) is 0 Å². The maximum absolute atomic E-state index is 13.6. The Kier molecular flexibility index (Phi) is 4.00. The third-order valence-electron chi connectivity index (χ3n) is 2.44. The molecule has 0 spiro atoms. The van der Waals surface area contributed by atoms with Gasteiger partial charge in [-0.2, -0.15) is 5.10 Å². The van der Waals surface area contributed by atoms with E-state index in [0.29, 0.717) is 6.07 Å². The molecule has 0 aliphatic rings. The monoisotopic (exact) mass is 317 g/mol. The van der Waals surface area contributed by atoms with Crippen molar-refractivity contribution in [2.45, 2.75) is 11.5 Å². The minimum absolute atomic E-state index is 0.108. The number of sulfonamides is 1. The van der Waals surface area contributed by atoms with Gasteiger partial charge in [0.05, 0.1) is 6.61 Å². The van der Waals surface area contributed by atoms with E-state index in [1.165, 1.54) is 0 Å². The molecule has 0 saturated carbocycles. The Morgan fingerprint density at radius 3 is 2.57 bits per heavy atom. The minimum atomic E-state index is -4.47. The molecular formula is C11H9F2N3O4S. The average molecular weight is 317 g/mol. The number of halogens is 2. The van der Waals surface area contributed by atoms with Crippen LogP contribution in [-0.2, 0) is 16.6 Å². The standard InChI is InChI=1S/C11H9F2N3O4S/c12-7-3-6(5-17)4-8(11(7)13)21(19,20)16-9-1-2-10(18)15-14-9/h1-4,17H,5H2,(H,14,16)(H,15,18). The number of aromatic amines is 1. The molecule has 1 aromatic carbocycles. The van der Waals surface area contributed by atoms with Crippen molar-refractivity contribution in [3.63, 3.8) is 0 Å². The number of anilines is 1. The van der Waals surface area contributed by atoms with E-state index < -0.39 is 38.7 Å². The normalized spacial score (nSPS) is 11.4. The molecule has 0 fully saturated rings. The molecule has 0 aliphatic carbocycles. The van der Waals surface area contributed by atoms with Crippen LogP contribution in [0.15, 0.2) is 34.0 Å². The highest BCUT2D eigenvalue weighted by Gasteiger charge is 2.23. The molecular weight excluding hydrogens is 308 g/mol. The average Bonchev–Trinajstić information content (AvgIpc) is 2.43. The minimum Gasteiger partial charge on any atom is -0.392 e. The van der Waals surface area contributed by atoms with Crippen LogP contribution in [-0.4, -0.2) is 23.7 Å². The third-order valence-corrected chi connectivity index (χ3v) is 3.80. The Hall–Kier alpha value is -2.33. The summed E-state index contributed by atoms with van der Waals surface area (Å²) in [6.07, 6.45) is 0. The van der Waals surface area contributed by atoms with E-state index in [4.69, 9.17) is 5.11 Å². The number of nitrogens with zero attached hydrogens (tertiary/aromatic N) is 1. The molecule has 1 heterocycles. The van der Waals surface area contributed by atoms with Crippen LogP contribution in [0.5, 0.6) is 0 Å². The first-order valence-corrected chi connectivity index (χ1v) is 6.99. The fourth-order valence-electron chi connectivity index (χ4n) is 1.50. The fourth-order valence-corrected chi connectivity index (χ4v) is 2.64. The lowest BCUT2D eigenvalue weighted by atomic mass is 10.2. The summed E-state index contributed by atoms with van der Waals surface area (Å²) in [4.78, 5) is 9.83. The summed E-state index contributed by atoms with van der Waals surface area (Å²) in [5.74, 6) is -3.26. The van der Waals surface area contributed by atoms with Gasteiger partial charge in [0.25, 0.3) is 15.6 Å². The van der Waals surface area contributed by atoms with Crippen molar-refractivity contribution in [3.8, 4) is 0 Å². The van der Waals surface area contributed by atoms with Gasteiger partial charge >= 0.3 is 0 Å². The molecule has 112 valence electrons. The maximum atomic E-state index is 13.6. The Morgan fingerprint density at radius 2 is 2.00 bits per heavy atom. The second-order valence-electron chi connectivity index (χ2n) is 3.96. The molecule has 2 rings (SSSR count). The number of rotatable bonds is 4. The van der Waals surface area contributed by atoms with Crippen LogP contribution in [0, 0.1) is 11.6 Å². The van der Waals surface area contributed by atoms with E-state index in [0.717, 1.165) is 18.2 Å². The van der Waals surface area contributed by atoms with Crippen LogP contribution in [0.4, 0.5) is 14.6 Å². The van der Waals surface area contributed by atoms with Gasteiger partial charge in [-0.15, -0.1) is 0 Å². The van der Waals surface area contributed by atoms with E-state index >= 15 is 0 Å². The number of H-pyrrole nitrogens is 1. The van der Waals surface area contributed by atoms with E-state index in [9.17, 15) is 22.0 Å². The largest absolute Gasteiger partial charge is 0.392 e. The molecule has 0 bridgehead atoms. The van der Waals surface area contributed by atoms with Crippen LogP contribution in [0.3, 0.4) is 0 Å². The highest BCUT2D eigenvalue weighted by atomic mass is 32.2. The van der Waals surface area contributed by atoms with Gasteiger partial charge in [-0.05, 0) is 23.8 Å². The molecule has 1 aromatic heterocycles. The van der Waals surface area contributed by atoms with Crippen molar-refractivity contribution in [3.05, 3.63) is 51.8 Å². The predicted molar refractivity (Wildman–Crippen MR) is 67.9 cm³/mol. The highest BCUT2D eigenvalue weighted by Crippen LogP contribution is 2.21. The van der Waals surface area contributed by atoms with Crippen molar-refractivity contribution in [2.24, 2.45) is 0 Å². The summed E-state index contributed by atoms with van der Waals surface area (Å²) in [5, 5.41) is 14.3. The number of hydrogen-bond donors (Lipinski definition) is 3. The molecule has 3 N–H and O–H groups in total. The van der Waals surface area contributed by atoms with Crippen molar-refractivity contribution >= 4 is 15.8 Å². The number of benzene rings is 1. The summed E-state index contributed by atoms with van der Waals surface area (Å²) in [6.45, 7) is -0.656. The van der Waals surface area contributed by atoms with Crippen molar-refractivity contribution in [2.75, 3.05) is 4.72 Å². The van der Waals surface area contributed by atoms with Crippen LogP contribution < -0.4 is 10.3 Å². The summed E-state index contributed by atoms with van der Waals surface area (Å²) >= 11 is 0. The second kappa shape index (κ2) is 5.58. The SMILES string of the molecule is O=c1ccc(NS(=O)(=O)c2cc(CO)cc(F)c2F)n[nH]1. The molecule has 0 aliphatic heterocycles. The lowest BCUT2D eigenvalue weighted by Crippen LogP contribution is -2.18. The molecule has 2 aromatic rings. The molecule has 0 radical (unpaired) electrons. The van der Waals surface area contributed by atoms with Crippen molar-refractivity contribution in [1.82, 2.24) is 10.2 Å². The molecule has 0 unspecified atom stereocenters. The molecule has 7 nitrogen and oxygen atoms in total. The third kappa shape index (κ3) is 3.23. The Morgan fingerprint density at radius 1 is 1.29 bits per heavy atom. The van der Waals surface area contributed by atoms with Crippen LogP contribution in [0.25, 0.3) is 0 Å². The maximum Gasteiger partial charge on any atom is 0.266 e. The first kappa shape index (κ1) is 15.1. The van der Waals surface area contributed by atoms with Crippen LogP contribution in [0.1, 0.15) is 5.56 Å². The van der Waals surface area contributed by atoms with Gasteiger partial charge in [0.2, 0.25) is 0 Å². The fraction of sp³-hybridized carbons (Fsp3) is 0.0909. The summed E-state index contributed by atoms with van der Waals surface area (Å²) in [5.41, 5.74) is -0.666. The molecule has 0 atom stereocenters. The molecule has 21 heavy (non-hydrogen) atoms. The molecule has 10 heteroatoms. The molecule has 0 saturated heterocycles. The van der Waals surface area contributed by atoms with Gasteiger partial charge in [0, 0.05) is 6.07 Å². The Labute approximate surface area is 117 Å². The highest BCUT2D eigenvalue weighted by molar-refractivity contribution is 7.92. The summed E-state index contributed by atoms with van der Waals surface area (Å²) in [6, 6.07) is 3.55. The predicted octanol–water partition coefficient (Wildman–Crippen LogP) is 0.341. The van der Waals surface area contributed by atoms with E-state index in [2.05, 4.69) is 5.10 Å². The van der Waals surface area contributed by atoms with Gasteiger partial charge < -0.3 is 5.11 Å². The zero-order chi connectivity index (χ0) is 15.6. The zero-order valence-electron chi connectivity index (χ0n) is 10.3. The number of hydrogen-bond acceptors (Lipinski definition) is 5. The summed E-state index contributed by atoms with van der Waals surface area (Å²) in [7, 11) is -4.47. The quantitative estimate of drug-likeness (QED) is 0.753. The second-order valence-corrected chi connectivity index (χ2v) is 5.61. The lowest BCUT2D eigenvalue weighted by molar-refractivity contribution is 0.280. The number of aliphatic hydroxyl groups excluding tert-OH is 1. The first-order valence-electron chi connectivity index (χ1n) is 5.51. The van der Waals surface area contributed by atoms with E-state index in [1.54, 1.807) is 0 Å². The van der Waals surface area contributed by atoms with Crippen LogP contribution >= 0.6 is 0 Å². The van der Waals surface area contributed by atoms with E-state index in [-0.39, 0.29) is 11.4 Å². The van der Waals surface area contributed by atoms with E-state index in [1.807, 2.05) is 9.82 Å². The van der Waals surface area contributed by atoms with Gasteiger partial charge in [-0.3, -0.25) is 9.52 Å². The van der Waals surface area contributed by atoms with Gasteiger partial charge in [0.15, 0.2) is 17.5 Å². The summed E-state index contributed by atoms with van der Waals surface area (Å²) < 4.78 is 52.8. The molecule has 0 amide bonds. The number of aromatic nitrogens is 2. The number of nitrogens with one attached hydrogen (secondary N) is 2. The van der Waals surface area contributed by atoms with Gasteiger partial charge in [0.1, 0.15) is 4.90 Å². The van der Waals surface area contributed by atoms with Crippen LogP contribution in [0.2, 0.25) is 0 Å². The first-order chi connectivity index (χ1) is 9.83. The van der Waals surface area contributed by atoms with Crippen molar-refractivity contribution in [1.29, 1.82) is 0 Å². The zero-order valence-corrected chi connectivity index (χ0v) is 11.1.